The van der Waals surface area contributed by atoms with E-state index in [1.165, 1.54) is 0 Å². The van der Waals surface area contributed by atoms with E-state index in [4.69, 9.17) is 5.11 Å². The summed E-state index contributed by atoms with van der Waals surface area (Å²) in [5, 5.41) is 8.78. The molecule has 0 atom stereocenters. The van der Waals surface area contributed by atoms with Gasteiger partial charge >= 0.3 is 0 Å². The maximum Gasteiger partial charge on any atom is 0.240 e. The molecule has 0 unspecified atom stereocenters. The van der Waals surface area contributed by atoms with Gasteiger partial charge in [-0.1, -0.05) is 19.1 Å². The van der Waals surface area contributed by atoms with E-state index in [0.717, 1.165) is 31.2 Å². The SMILES string of the molecule is CCC1(CNS(=O)(=O)c2ccc(CCCO)cc2)CC1. The van der Waals surface area contributed by atoms with Crippen LogP contribution in [0.3, 0.4) is 0 Å². The Morgan fingerprint density at radius 2 is 1.90 bits per heavy atom. The van der Waals surface area contributed by atoms with Gasteiger partial charge < -0.3 is 5.11 Å². The molecule has 1 aromatic rings. The van der Waals surface area contributed by atoms with Gasteiger partial charge in [-0.25, -0.2) is 13.1 Å². The Morgan fingerprint density at radius 1 is 1.25 bits per heavy atom. The maximum atomic E-state index is 12.2. The summed E-state index contributed by atoms with van der Waals surface area (Å²) < 4.78 is 27.1. The molecular formula is C15H23NO3S. The Balaban J connectivity index is 1.98. The molecule has 0 bridgehead atoms. The van der Waals surface area contributed by atoms with Gasteiger partial charge in [-0.2, -0.15) is 0 Å². The van der Waals surface area contributed by atoms with Crippen molar-refractivity contribution >= 4 is 10.0 Å². The van der Waals surface area contributed by atoms with Crippen molar-refractivity contribution in [1.29, 1.82) is 0 Å². The third kappa shape index (κ3) is 3.81. The van der Waals surface area contributed by atoms with Crippen molar-refractivity contribution in [2.24, 2.45) is 5.41 Å². The number of aryl methyl sites for hydroxylation is 1. The molecule has 0 amide bonds. The molecule has 1 aliphatic rings. The van der Waals surface area contributed by atoms with E-state index in [9.17, 15) is 8.42 Å². The highest BCUT2D eigenvalue weighted by Crippen LogP contribution is 2.48. The molecular weight excluding hydrogens is 274 g/mol. The average molecular weight is 297 g/mol. The number of hydrogen-bond acceptors (Lipinski definition) is 3. The normalized spacial score (nSPS) is 17.1. The summed E-state index contributed by atoms with van der Waals surface area (Å²) in [7, 11) is -3.40. The van der Waals surface area contributed by atoms with Crippen molar-refractivity contribution in [3.63, 3.8) is 0 Å². The quantitative estimate of drug-likeness (QED) is 0.772. The number of benzene rings is 1. The Labute approximate surface area is 121 Å². The number of aliphatic hydroxyl groups excluding tert-OH is 1. The Hall–Kier alpha value is -0.910. The van der Waals surface area contributed by atoms with Crippen molar-refractivity contribution < 1.29 is 13.5 Å². The second-order valence-electron chi connectivity index (χ2n) is 5.65. The van der Waals surface area contributed by atoms with Crippen LogP contribution >= 0.6 is 0 Å². The average Bonchev–Trinajstić information content (AvgIpc) is 3.24. The number of hydrogen-bond donors (Lipinski definition) is 2. The first kappa shape index (κ1) is 15.5. The van der Waals surface area contributed by atoms with Gasteiger partial charge in [0.05, 0.1) is 4.90 Å². The minimum absolute atomic E-state index is 0.153. The largest absolute Gasteiger partial charge is 0.396 e. The molecule has 1 fully saturated rings. The van der Waals surface area contributed by atoms with Crippen molar-refractivity contribution in [3.05, 3.63) is 29.8 Å². The summed E-state index contributed by atoms with van der Waals surface area (Å²) in [6.07, 6.45) is 4.72. The van der Waals surface area contributed by atoms with Crippen molar-refractivity contribution in [3.8, 4) is 0 Å². The summed E-state index contributed by atoms with van der Waals surface area (Å²) >= 11 is 0. The zero-order valence-corrected chi connectivity index (χ0v) is 12.7. The van der Waals surface area contributed by atoms with Crippen LogP contribution in [0.4, 0.5) is 0 Å². The van der Waals surface area contributed by atoms with E-state index in [1.807, 2.05) is 12.1 Å². The molecule has 20 heavy (non-hydrogen) atoms. The lowest BCUT2D eigenvalue weighted by Crippen LogP contribution is -2.30. The van der Waals surface area contributed by atoms with E-state index in [2.05, 4.69) is 11.6 Å². The molecule has 0 saturated heterocycles. The molecule has 0 heterocycles. The summed E-state index contributed by atoms with van der Waals surface area (Å²) in [6.45, 7) is 2.80. The van der Waals surface area contributed by atoms with E-state index < -0.39 is 10.0 Å². The fourth-order valence-electron chi connectivity index (χ4n) is 2.28. The van der Waals surface area contributed by atoms with Gasteiger partial charge in [0.15, 0.2) is 0 Å². The second kappa shape index (κ2) is 6.24. The number of aliphatic hydroxyl groups is 1. The van der Waals surface area contributed by atoms with Crippen LogP contribution in [-0.2, 0) is 16.4 Å². The molecule has 112 valence electrons. The van der Waals surface area contributed by atoms with Crippen LogP contribution in [-0.4, -0.2) is 26.7 Å². The summed E-state index contributed by atoms with van der Waals surface area (Å²) in [6, 6.07) is 6.91. The zero-order chi connectivity index (χ0) is 14.6. The minimum Gasteiger partial charge on any atom is -0.396 e. The summed E-state index contributed by atoms with van der Waals surface area (Å²) in [4.78, 5) is 0.317. The topological polar surface area (TPSA) is 66.4 Å². The lowest BCUT2D eigenvalue weighted by Gasteiger charge is -2.14. The second-order valence-corrected chi connectivity index (χ2v) is 7.42. The predicted octanol–water partition coefficient (Wildman–Crippen LogP) is 2.08. The Morgan fingerprint density at radius 3 is 2.40 bits per heavy atom. The van der Waals surface area contributed by atoms with Crippen LogP contribution in [0.1, 0.15) is 38.2 Å². The van der Waals surface area contributed by atoms with Crippen LogP contribution in [0, 0.1) is 5.41 Å². The predicted molar refractivity (Wildman–Crippen MR) is 79.0 cm³/mol. The monoisotopic (exact) mass is 297 g/mol. The van der Waals surface area contributed by atoms with Gasteiger partial charge in [0.25, 0.3) is 0 Å². The van der Waals surface area contributed by atoms with E-state index in [0.29, 0.717) is 17.9 Å². The highest BCUT2D eigenvalue weighted by Gasteiger charge is 2.41. The van der Waals surface area contributed by atoms with Gasteiger partial charge in [0.1, 0.15) is 0 Å². The van der Waals surface area contributed by atoms with Crippen LogP contribution in [0.25, 0.3) is 0 Å². The molecule has 1 aromatic carbocycles. The van der Waals surface area contributed by atoms with Crippen LogP contribution in [0.15, 0.2) is 29.2 Å². The van der Waals surface area contributed by atoms with Gasteiger partial charge in [0, 0.05) is 13.2 Å². The zero-order valence-electron chi connectivity index (χ0n) is 11.9. The Bertz CT molecular complexity index is 533. The van der Waals surface area contributed by atoms with E-state index in [-0.39, 0.29) is 12.0 Å². The van der Waals surface area contributed by atoms with Crippen LogP contribution in [0.5, 0.6) is 0 Å². The molecule has 5 heteroatoms. The fourth-order valence-corrected chi connectivity index (χ4v) is 3.44. The number of nitrogens with one attached hydrogen (secondary N) is 1. The molecule has 0 radical (unpaired) electrons. The molecule has 2 N–H and O–H groups in total. The first-order valence-corrected chi connectivity index (χ1v) is 8.69. The number of sulfonamides is 1. The maximum absolute atomic E-state index is 12.2. The molecule has 4 nitrogen and oxygen atoms in total. The van der Waals surface area contributed by atoms with Crippen LogP contribution in [0.2, 0.25) is 0 Å². The lowest BCUT2D eigenvalue weighted by atomic mass is 10.1. The fraction of sp³-hybridized carbons (Fsp3) is 0.600. The molecule has 0 aromatic heterocycles. The number of rotatable bonds is 8. The summed E-state index contributed by atoms with van der Waals surface area (Å²) in [5.74, 6) is 0. The van der Waals surface area contributed by atoms with Crippen molar-refractivity contribution in [2.75, 3.05) is 13.2 Å². The lowest BCUT2D eigenvalue weighted by molar-refractivity contribution is 0.288. The third-order valence-electron chi connectivity index (χ3n) is 4.20. The van der Waals surface area contributed by atoms with Crippen molar-refractivity contribution in [1.82, 2.24) is 4.72 Å². The van der Waals surface area contributed by atoms with Gasteiger partial charge in [-0.05, 0) is 55.2 Å². The van der Waals surface area contributed by atoms with Gasteiger partial charge in [-0.3, -0.25) is 0 Å². The minimum atomic E-state index is -3.40. The van der Waals surface area contributed by atoms with E-state index >= 15 is 0 Å². The molecule has 1 aliphatic carbocycles. The highest BCUT2D eigenvalue weighted by molar-refractivity contribution is 7.89. The summed E-state index contributed by atoms with van der Waals surface area (Å²) in [5.41, 5.74) is 1.25. The molecule has 0 spiro atoms. The highest BCUT2D eigenvalue weighted by atomic mass is 32.2. The van der Waals surface area contributed by atoms with Gasteiger partial charge in [0.2, 0.25) is 10.0 Å². The Kier molecular flexibility index (Phi) is 4.83. The standard InChI is InChI=1S/C15H23NO3S/c1-2-15(9-10-15)12-16-20(18,19)14-7-5-13(6-8-14)4-3-11-17/h5-8,16-17H,2-4,9-12H2,1H3. The first-order chi connectivity index (χ1) is 9.51. The van der Waals surface area contributed by atoms with E-state index in [1.54, 1.807) is 12.1 Å². The van der Waals surface area contributed by atoms with Crippen molar-refractivity contribution in [2.45, 2.75) is 43.9 Å². The van der Waals surface area contributed by atoms with Crippen LogP contribution < -0.4 is 4.72 Å². The molecule has 2 rings (SSSR count). The first-order valence-electron chi connectivity index (χ1n) is 7.21. The molecule has 0 aliphatic heterocycles. The van der Waals surface area contributed by atoms with Gasteiger partial charge in [-0.15, -0.1) is 0 Å². The smallest absolute Gasteiger partial charge is 0.240 e. The molecule has 1 saturated carbocycles. The third-order valence-corrected chi connectivity index (χ3v) is 5.62.